The van der Waals surface area contributed by atoms with Crippen LogP contribution in [0.1, 0.15) is 51.6 Å². The number of nitro benzene ring substituents is 1. The molecule has 1 aromatic carbocycles. The number of nitrogens with zero attached hydrogens (tertiary/aromatic N) is 5. The van der Waals surface area contributed by atoms with Crippen LogP contribution in [0.5, 0.6) is 5.75 Å². The Kier molecular flexibility index (Phi) is 6.44. The second kappa shape index (κ2) is 9.46. The SMILES string of the molecule is CC(C)(C)n1nc(C2CCC(OC(=O)Oc3ccc([N+](=O)[O-])cc3)C2)cc1Nc1cccnn1. The molecule has 4 rings (SSSR count). The van der Waals surface area contributed by atoms with Gasteiger partial charge in [-0.1, -0.05) is 0 Å². The van der Waals surface area contributed by atoms with E-state index >= 15 is 0 Å². The smallest absolute Gasteiger partial charge is 0.431 e. The number of aromatic nitrogens is 4. The Bertz CT molecular complexity index is 1160. The fraction of sp³-hybridized carbons (Fsp3) is 0.391. The van der Waals surface area contributed by atoms with Gasteiger partial charge in [0.25, 0.3) is 5.69 Å². The number of ether oxygens (including phenoxy) is 2. The molecule has 2 unspecified atom stereocenters. The molecule has 34 heavy (non-hydrogen) atoms. The molecule has 2 heterocycles. The Hall–Kier alpha value is -4.02. The van der Waals surface area contributed by atoms with Gasteiger partial charge in [0.2, 0.25) is 0 Å². The largest absolute Gasteiger partial charge is 0.514 e. The third-order valence-electron chi connectivity index (χ3n) is 5.51. The summed E-state index contributed by atoms with van der Waals surface area (Å²) in [4.78, 5) is 22.4. The van der Waals surface area contributed by atoms with Crippen molar-refractivity contribution in [2.75, 3.05) is 5.32 Å². The van der Waals surface area contributed by atoms with Gasteiger partial charge in [-0.25, -0.2) is 9.48 Å². The highest BCUT2D eigenvalue weighted by molar-refractivity contribution is 5.64. The van der Waals surface area contributed by atoms with Crippen LogP contribution in [0.4, 0.5) is 22.1 Å². The second-order valence-corrected chi connectivity index (χ2v) is 9.12. The molecule has 0 bridgehead atoms. The molecule has 0 saturated heterocycles. The summed E-state index contributed by atoms with van der Waals surface area (Å²) in [5, 5.41) is 26.9. The standard InChI is InChI=1S/C23H26N6O5/c1-23(2,3)28-21(25-20-5-4-12-24-26-20)14-19(27-28)15-6-9-18(13-15)34-22(30)33-17-10-7-16(8-11-17)29(31)32/h4-5,7-8,10-12,14-15,18H,6,9,13H2,1-3H3,(H,25,26). The number of nitrogens with one attached hydrogen (secondary N) is 1. The number of benzene rings is 1. The summed E-state index contributed by atoms with van der Waals surface area (Å²) in [7, 11) is 0. The third kappa shape index (κ3) is 5.48. The second-order valence-electron chi connectivity index (χ2n) is 9.12. The van der Waals surface area contributed by atoms with Gasteiger partial charge in [-0.05, 0) is 64.3 Å². The van der Waals surface area contributed by atoms with Gasteiger partial charge in [-0.15, -0.1) is 5.10 Å². The van der Waals surface area contributed by atoms with Crippen LogP contribution in [0.2, 0.25) is 0 Å². The molecular formula is C23H26N6O5. The first kappa shape index (κ1) is 23.1. The zero-order chi connectivity index (χ0) is 24.3. The molecule has 0 aliphatic heterocycles. The third-order valence-corrected chi connectivity index (χ3v) is 5.51. The van der Waals surface area contributed by atoms with Crippen LogP contribution in [0.3, 0.4) is 0 Å². The number of carbonyl (C=O) groups excluding carboxylic acids is 1. The molecule has 0 spiro atoms. The first-order valence-electron chi connectivity index (χ1n) is 11.0. The number of nitro groups is 1. The van der Waals surface area contributed by atoms with Crippen molar-refractivity contribution in [2.45, 2.75) is 57.6 Å². The van der Waals surface area contributed by atoms with E-state index in [2.05, 4.69) is 36.3 Å². The maximum Gasteiger partial charge on any atom is 0.514 e. The molecule has 0 radical (unpaired) electrons. The van der Waals surface area contributed by atoms with Crippen molar-refractivity contribution in [1.82, 2.24) is 20.0 Å². The van der Waals surface area contributed by atoms with Crippen LogP contribution < -0.4 is 10.1 Å². The van der Waals surface area contributed by atoms with Gasteiger partial charge in [0.15, 0.2) is 5.82 Å². The Morgan fingerprint density at radius 1 is 1.21 bits per heavy atom. The van der Waals surface area contributed by atoms with Crippen molar-refractivity contribution in [1.29, 1.82) is 0 Å². The average Bonchev–Trinajstić information content (AvgIpc) is 3.42. The normalized spacial score (nSPS) is 17.9. The summed E-state index contributed by atoms with van der Waals surface area (Å²) in [5.74, 6) is 1.75. The molecule has 1 aliphatic carbocycles. The number of rotatable bonds is 6. The van der Waals surface area contributed by atoms with E-state index in [0.29, 0.717) is 18.7 Å². The molecule has 1 N–H and O–H groups in total. The molecule has 2 atom stereocenters. The van der Waals surface area contributed by atoms with Gasteiger partial charge in [-0.2, -0.15) is 10.2 Å². The van der Waals surface area contributed by atoms with Gasteiger partial charge in [0.05, 0.1) is 16.2 Å². The van der Waals surface area contributed by atoms with E-state index in [1.807, 2.05) is 22.9 Å². The number of carbonyl (C=O) groups is 1. The zero-order valence-electron chi connectivity index (χ0n) is 19.2. The minimum absolute atomic E-state index is 0.0813. The molecule has 3 aromatic rings. The first-order valence-corrected chi connectivity index (χ1v) is 11.0. The summed E-state index contributed by atoms with van der Waals surface area (Å²) in [6.07, 6.45) is 2.62. The Labute approximate surface area is 196 Å². The minimum atomic E-state index is -0.829. The van der Waals surface area contributed by atoms with E-state index in [9.17, 15) is 14.9 Å². The van der Waals surface area contributed by atoms with Crippen molar-refractivity contribution < 1.29 is 19.2 Å². The van der Waals surface area contributed by atoms with E-state index in [-0.39, 0.29) is 29.0 Å². The van der Waals surface area contributed by atoms with Crippen LogP contribution in [0.25, 0.3) is 0 Å². The monoisotopic (exact) mass is 466 g/mol. The van der Waals surface area contributed by atoms with E-state index < -0.39 is 11.1 Å². The number of non-ortho nitro benzene ring substituents is 1. The zero-order valence-corrected chi connectivity index (χ0v) is 19.2. The lowest BCUT2D eigenvalue weighted by Gasteiger charge is -2.22. The maximum atomic E-state index is 12.2. The number of hydrogen-bond acceptors (Lipinski definition) is 9. The molecule has 11 heteroatoms. The maximum absolute atomic E-state index is 12.2. The van der Waals surface area contributed by atoms with Crippen molar-refractivity contribution in [2.24, 2.45) is 0 Å². The fourth-order valence-corrected chi connectivity index (χ4v) is 3.91. The predicted molar refractivity (Wildman–Crippen MR) is 123 cm³/mol. The van der Waals surface area contributed by atoms with Crippen molar-refractivity contribution in [3.63, 3.8) is 0 Å². The summed E-state index contributed by atoms with van der Waals surface area (Å²) >= 11 is 0. The van der Waals surface area contributed by atoms with Crippen molar-refractivity contribution in [3.05, 3.63) is 64.5 Å². The molecule has 0 amide bonds. The highest BCUT2D eigenvalue weighted by Gasteiger charge is 2.32. The van der Waals surface area contributed by atoms with Crippen molar-refractivity contribution >= 4 is 23.5 Å². The molecule has 1 fully saturated rings. The lowest BCUT2D eigenvalue weighted by atomic mass is 10.0. The van der Waals surface area contributed by atoms with Gasteiger partial charge >= 0.3 is 6.16 Å². The van der Waals surface area contributed by atoms with Crippen LogP contribution in [0.15, 0.2) is 48.7 Å². The van der Waals surface area contributed by atoms with Crippen LogP contribution >= 0.6 is 0 Å². The predicted octanol–water partition coefficient (Wildman–Crippen LogP) is 4.93. The van der Waals surface area contributed by atoms with E-state index in [1.165, 1.54) is 24.3 Å². The van der Waals surface area contributed by atoms with Crippen LogP contribution in [-0.4, -0.2) is 37.2 Å². The molecule has 1 aliphatic rings. The van der Waals surface area contributed by atoms with Crippen LogP contribution in [-0.2, 0) is 10.3 Å². The van der Waals surface area contributed by atoms with E-state index in [4.69, 9.17) is 14.6 Å². The Balaban J connectivity index is 1.39. The molecule has 1 saturated carbocycles. The summed E-state index contributed by atoms with van der Waals surface area (Å²) in [6, 6.07) is 10.9. The highest BCUT2D eigenvalue weighted by atomic mass is 16.7. The lowest BCUT2D eigenvalue weighted by Crippen LogP contribution is -2.25. The quantitative estimate of drug-likeness (QED) is 0.232. The van der Waals surface area contributed by atoms with E-state index in [1.54, 1.807) is 6.20 Å². The lowest BCUT2D eigenvalue weighted by molar-refractivity contribution is -0.384. The molecule has 2 aromatic heterocycles. The topological polar surface area (TPSA) is 134 Å². The summed E-state index contributed by atoms with van der Waals surface area (Å²) in [5.41, 5.74) is 0.574. The summed E-state index contributed by atoms with van der Waals surface area (Å²) in [6.45, 7) is 6.21. The van der Waals surface area contributed by atoms with Crippen molar-refractivity contribution in [3.8, 4) is 5.75 Å². The molecular weight excluding hydrogens is 440 g/mol. The number of hydrogen-bond donors (Lipinski definition) is 1. The minimum Gasteiger partial charge on any atom is -0.431 e. The first-order chi connectivity index (χ1) is 16.2. The van der Waals surface area contributed by atoms with Gasteiger partial charge in [0, 0.05) is 30.3 Å². The Morgan fingerprint density at radius 3 is 2.62 bits per heavy atom. The van der Waals surface area contributed by atoms with Gasteiger partial charge in [0.1, 0.15) is 17.7 Å². The highest BCUT2D eigenvalue weighted by Crippen LogP contribution is 2.38. The molecule has 178 valence electrons. The average molecular weight is 466 g/mol. The van der Waals surface area contributed by atoms with E-state index in [0.717, 1.165) is 17.9 Å². The van der Waals surface area contributed by atoms with Crippen LogP contribution in [0, 0.1) is 10.1 Å². The summed E-state index contributed by atoms with van der Waals surface area (Å²) < 4.78 is 12.6. The van der Waals surface area contributed by atoms with Gasteiger partial charge < -0.3 is 14.8 Å². The van der Waals surface area contributed by atoms with Gasteiger partial charge in [-0.3, -0.25) is 10.1 Å². The Morgan fingerprint density at radius 2 is 1.97 bits per heavy atom. The number of anilines is 2. The fourth-order valence-electron chi connectivity index (χ4n) is 3.91. The molecule has 11 nitrogen and oxygen atoms in total.